The van der Waals surface area contributed by atoms with Gasteiger partial charge in [0.2, 0.25) is 0 Å². The fraction of sp³-hybridized carbons (Fsp3) is 0.133. The predicted octanol–water partition coefficient (Wildman–Crippen LogP) is 3.18. The quantitative estimate of drug-likeness (QED) is 0.483. The van der Waals surface area contributed by atoms with Crippen molar-refractivity contribution in [1.82, 2.24) is 5.09 Å². The number of hydrogen-bond donors (Lipinski definition) is 1. The average Bonchev–Trinajstić information content (AvgIpc) is 2.52. The van der Waals surface area contributed by atoms with E-state index in [9.17, 15) is 0 Å². The zero-order valence-electron chi connectivity index (χ0n) is 11.0. The molecule has 0 aromatic heterocycles. The summed E-state index contributed by atoms with van der Waals surface area (Å²) in [6.07, 6.45) is 1.90. The number of nitrogens with one attached hydrogen (secondary N) is 1. The summed E-state index contributed by atoms with van der Waals surface area (Å²) in [5.41, 5.74) is 2.13. The monoisotopic (exact) mass is 288 g/mol. The molecule has 0 spiro atoms. The third-order valence-corrected chi connectivity index (χ3v) is 3.97. The van der Waals surface area contributed by atoms with E-state index in [-0.39, 0.29) is 0 Å². The van der Waals surface area contributed by atoms with Gasteiger partial charge < -0.3 is 0 Å². The fourth-order valence-electron chi connectivity index (χ4n) is 1.68. The molecule has 0 aliphatic carbocycles. The standard InChI is InChI=1S/C15H17N2O2P/c16-13-17-20(18-11-14-7-3-1-4-8-14)19-12-15-9-5-2-6-10-15/h1-10,17H,11-12,20H2. The van der Waals surface area contributed by atoms with Crippen LogP contribution in [0.4, 0.5) is 0 Å². The van der Waals surface area contributed by atoms with E-state index in [2.05, 4.69) is 5.09 Å². The Morgan fingerprint density at radius 3 is 1.70 bits per heavy atom. The van der Waals surface area contributed by atoms with Crippen LogP contribution in [-0.4, -0.2) is 0 Å². The summed E-state index contributed by atoms with van der Waals surface area (Å²) in [6, 6.07) is 19.7. The first-order chi connectivity index (χ1) is 9.88. The normalized spacial score (nSPS) is 10.7. The number of nitriles is 1. The second kappa shape index (κ2) is 8.29. The summed E-state index contributed by atoms with van der Waals surface area (Å²) in [6.45, 7) is 0.891. The van der Waals surface area contributed by atoms with Crippen LogP contribution in [0.25, 0.3) is 0 Å². The van der Waals surface area contributed by atoms with E-state index in [1.54, 1.807) is 0 Å². The van der Waals surface area contributed by atoms with Crippen LogP contribution in [-0.2, 0) is 22.3 Å². The zero-order chi connectivity index (χ0) is 14.0. The van der Waals surface area contributed by atoms with Crippen molar-refractivity contribution >= 4 is 8.53 Å². The SMILES string of the molecule is N#CN[PH2](OCc1ccccc1)OCc1ccccc1. The Balaban J connectivity index is 1.83. The van der Waals surface area contributed by atoms with Crippen molar-refractivity contribution in [3.8, 4) is 6.19 Å². The molecular weight excluding hydrogens is 271 g/mol. The van der Waals surface area contributed by atoms with Gasteiger partial charge in [-0.1, -0.05) is 0 Å². The van der Waals surface area contributed by atoms with Crippen LogP contribution >= 0.6 is 8.53 Å². The third-order valence-electron chi connectivity index (χ3n) is 2.67. The van der Waals surface area contributed by atoms with E-state index in [4.69, 9.17) is 14.3 Å². The van der Waals surface area contributed by atoms with Gasteiger partial charge in [0.15, 0.2) is 0 Å². The Morgan fingerprint density at radius 2 is 1.30 bits per heavy atom. The van der Waals surface area contributed by atoms with E-state index in [0.717, 1.165) is 11.1 Å². The Kier molecular flexibility index (Phi) is 6.01. The molecule has 0 fully saturated rings. The van der Waals surface area contributed by atoms with Crippen LogP contribution in [0.15, 0.2) is 60.7 Å². The van der Waals surface area contributed by atoms with Crippen molar-refractivity contribution in [1.29, 1.82) is 5.26 Å². The second-order valence-electron chi connectivity index (χ2n) is 4.18. The Hall–Kier alpha value is -1.92. The van der Waals surface area contributed by atoms with Gasteiger partial charge in [-0.25, -0.2) is 0 Å². The average molecular weight is 288 g/mol. The summed E-state index contributed by atoms with van der Waals surface area (Å²) < 4.78 is 11.3. The van der Waals surface area contributed by atoms with Crippen molar-refractivity contribution in [2.75, 3.05) is 0 Å². The number of benzene rings is 2. The molecule has 1 N–H and O–H groups in total. The van der Waals surface area contributed by atoms with Gasteiger partial charge in [0.25, 0.3) is 0 Å². The first kappa shape index (κ1) is 14.5. The number of rotatable bonds is 7. The fourth-order valence-corrected chi connectivity index (χ4v) is 2.73. The molecular formula is C15H17N2O2P. The van der Waals surface area contributed by atoms with E-state index < -0.39 is 8.53 Å². The first-order valence-electron chi connectivity index (χ1n) is 6.34. The molecule has 0 bridgehead atoms. The van der Waals surface area contributed by atoms with Crippen LogP contribution in [0.2, 0.25) is 0 Å². The molecule has 2 rings (SSSR count). The maximum absolute atomic E-state index is 8.74. The van der Waals surface area contributed by atoms with Gasteiger partial charge >= 0.3 is 119 Å². The van der Waals surface area contributed by atoms with Gasteiger partial charge in [0.1, 0.15) is 0 Å². The molecule has 0 radical (unpaired) electrons. The van der Waals surface area contributed by atoms with Gasteiger partial charge in [-0.2, -0.15) is 0 Å². The van der Waals surface area contributed by atoms with Crippen LogP contribution < -0.4 is 5.09 Å². The van der Waals surface area contributed by atoms with Crippen LogP contribution in [0.3, 0.4) is 0 Å². The predicted molar refractivity (Wildman–Crippen MR) is 80.9 cm³/mol. The van der Waals surface area contributed by atoms with E-state index in [1.165, 1.54) is 0 Å². The second-order valence-corrected chi connectivity index (χ2v) is 5.80. The summed E-state index contributed by atoms with van der Waals surface area (Å²) >= 11 is 0. The van der Waals surface area contributed by atoms with Crippen molar-refractivity contribution < 1.29 is 9.05 Å². The molecule has 5 heteroatoms. The zero-order valence-corrected chi connectivity index (χ0v) is 12.2. The number of nitrogens with zero attached hydrogens (tertiary/aromatic N) is 1. The molecule has 2 aromatic carbocycles. The van der Waals surface area contributed by atoms with Crippen molar-refractivity contribution in [2.24, 2.45) is 0 Å². The molecule has 0 heterocycles. The van der Waals surface area contributed by atoms with Gasteiger partial charge in [-0.05, 0) is 0 Å². The molecule has 0 atom stereocenters. The molecule has 0 amide bonds. The van der Waals surface area contributed by atoms with Gasteiger partial charge in [0.05, 0.1) is 0 Å². The van der Waals surface area contributed by atoms with Gasteiger partial charge in [-0.15, -0.1) is 0 Å². The van der Waals surface area contributed by atoms with Crippen LogP contribution in [0.5, 0.6) is 0 Å². The van der Waals surface area contributed by atoms with E-state index in [1.807, 2.05) is 66.9 Å². The minimum atomic E-state index is -2.18. The van der Waals surface area contributed by atoms with Gasteiger partial charge in [-0.3, -0.25) is 0 Å². The third kappa shape index (κ3) is 4.99. The Bertz CT molecular complexity index is 499. The van der Waals surface area contributed by atoms with Gasteiger partial charge in [0, 0.05) is 0 Å². The van der Waals surface area contributed by atoms with Crippen LogP contribution in [0.1, 0.15) is 11.1 Å². The molecule has 104 valence electrons. The van der Waals surface area contributed by atoms with Crippen molar-refractivity contribution in [3.63, 3.8) is 0 Å². The summed E-state index contributed by atoms with van der Waals surface area (Å²) in [7, 11) is -2.18. The molecule has 20 heavy (non-hydrogen) atoms. The molecule has 0 unspecified atom stereocenters. The first-order valence-corrected chi connectivity index (χ1v) is 7.86. The maximum atomic E-state index is 8.74. The topological polar surface area (TPSA) is 54.3 Å². The summed E-state index contributed by atoms with van der Waals surface area (Å²) in [5.74, 6) is 0. The van der Waals surface area contributed by atoms with E-state index in [0.29, 0.717) is 13.2 Å². The summed E-state index contributed by atoms with van der Waals surface area (Å²) in [4.78, 5) is 0. The molecule has 0 saturated heterocycles. The van der Waals surface area contributed by atoms with E-state index >= 15 is 0 Å². The molecule has 4 nitrogen and oxygen atoms in total. The van der Waals surface area contributed by atoms with Crippen molar-refractivity contribution in [3.05, 3.63) is 71.8 Å². The molecule has 0 saturated carbocycles. The Labute approximate surface area is 119 Å². The van der Waals surface area contributed by atoms with Crippen LogP contribution in [0, 0.1) is 11.5 Å². The number of hydrogen-bond acceptors (Lipinski definition) is 4. The molecule has 0 aliphatic rings. The molecule has 2 aromatic rings. The Morgan fingerprint density at radius 1 is 0.850 bits per heavy atom. The van der Waals surface area contributed by atoms with Crippen molar-refractivity contribution in [2.45, 2.75) is 13.2 Å². The minimum absolute atomic E-state index is 0.446. The molecule has 0 aliphatic heterocycles. The summed E-state index contributed by atoms with van der Waals surface area (Å²) in [5, 5.41) is 11.4.